The van der Waals surface area contributed by atoms with Crippen LogP contribution in [0.15, 0.2) is 0 Å². The summed E-state index contributed by atoms with van der Waals surface area (Å²) in [5, 5.41) is 10.1. The molecule has 18 heavy (non-hydrogen) atoms. The molecule has 0 aromatic heterocycles. The zero-order valence-corrected chi connectivity index (χ0v) is 11.3. The van der Waals surface area contributed by atoms with Crippen LogP contribution < -0.4 is 0 Å². The molecule has 3 aliphatic rings. The Hall–Kier alpha value is -0.160. The predicted molar refractivity (Wildman–Crippen MR) is 70.6 cm³/mol. The van der Waals surface area contributed by atoms with Gasteiger partial charge in [-0.3, -0.25) is 9.80 Å². The van der Waals surface area contributed by atoms with Crippen molar-refractivity contribution in [2.45, 2.75) is 50.3 Å². The van der Waals surface area contributed by atoms with Crippen LogP contribution in [0.4, 0.5) is 0 Å². The van der Waals surface area contributed by atoms with Crippen molar-refractivity contribution in [1.29, 1.82) is 0 Å². The van der Waals surface area contributed by atoms with Crippen LogP contribution in [-0.2, 0) is 4.74 Å². The van der Waals surface area contributed by atoms with Gasteiger partial charge in [0, 0.05) is 38.8 Å². The molecule has 0 aromatic carbocycles. The Morgan fingerprint density at radius 1 is 0.889 bits per heavy atom. The molecule has 4 heteroatoms. The summed E-state index contributed by atoms with van der Waals surface area (Å²) < 4.78 is 5.52. The Morgan fingerprint density at radius 3 is 2.22 bits per heavy atom. The molecule has 3 fully saturated rings. The van der Waals surface area contributed by atoms with Gasteiger partial charge >= 0.3 is 0 Å². The number of hydrogen-bond acceptors (Lipinski definition) is 4. The Bertz CT molecular complexity index is 261. The van der Waals surface area contributed by atoms with Crippen molar-refractivity contribution in [1.82, 2.24) is 9.80 Å². The van der Waals surface area contributed by atoms with Gasteiger partial charge < -0.3 is 9.84 Å². The lowest BCUT2D eigenvalue weighted by Crippen LogP contribution is -2.57. The smallest absolute Gasteiger partial charge is 0.0739 e. The lowest BCUT2D eigenvalue weighted by atomic mass is 10.0. The van der Waals surface area contributed by atoms with Gasteiger partial charge in [-0.2, -0.15) is 0 Å². The number of ether oxygens (including phenoxy) is 1. The first kappa shape index (κ1) is 12.9. The van der Waals surface area contributed by atoms with E-state index >= 15 is 0 Å². The minimum atomic E-state index is -0.184. The Labute approximate surface area is 110 Å². The SMILES string of the molecule is OC1CCOCC1N1CCN(C2CCCC2)CC1. The predicted octanol–water partition coefficient (Wildman–Crippen LogP) is 0.696. The van der Waals surface area contributed by atoms with Gasteiger partial charge in [-0.05, 0) is 19.3 Å². The Balaban J connectivity index is 1.49. The van der Waals surface area contributed by atoms with Crippen molar-refractivity contribution in [3.05, 3.63) is 0 Å². The van der Waals surface area contributed by atoms with Crippen molar-refractivity contribution in [2.24, 2.45) is 0 Å². The van der Waals surface area contributed by atoms with Crippen molar-refractivity contribution < 1.29 is 9.84 Å². The van der Waals surface area contributed by atoms with Crippen LogP contribution in [0.1, 0.15) is 32.1 Å². The molecule has 3 rings (SSSR count). The average molecular weight is 254 g/mol. The lowest BCUT2D eigenvalue weighted by Gasteiger charge is -2.44. The highest BCUT2D eigenvalue weighted by atomic mass is 16.5. The summed E-state index contributed by atoms with van der Waals surface area (Å²) in [6.07, 6.45) is 6.24. The first-order valence-electron chi connectivity index (χ1n) is 7.58. The minimum Gasteiger partial charge on any atom is -0.391 e. The van der Waals surface area contributed by atoms with Gasteiger partial charge in [-0.15, -0.1) is 0 Å². The van der Waals surface area contributed by atoms with Gasteiger partial charge in [0.2, 0.25) is 0 Å². The largest absolute Gasteiger partial charge is 0.391 e. The highest BCUT2D eigenvalue weighted by Gasteiger charge is 2.33. The second kappa shape index (κ2) is 5.87. The van der Waals surface area contributed by atoms with Crippen LogP contribution in [0.5, 0.6) is 0 Å². The molecular weight excluding hydrogens is 228 g/mol. The van der Waals surface area contributed by atoms with E-state index in [2.05, 4.69) is 9.80 Å². The van der Waals surface area contributed by atoms with Gasteiger partial charge in [0.05, 0.1) is 18.8 Å². The molecule has 4 nitrogen and oxygen atoms in total. The molecule has 2 heterocycles. The van der Waals surface area contributed by atoms with E-state index in [9.17, 15) is 5.11 Å². The molecule has 104 valence electrons. The van der Waals surface area contributed by atoms with Crippen molar-refractivity contribution in [3.63, 3.8) is 0 Å². The molecule has 1 aliphatic carbocycles. The van der Waals surface area contributed by atoms with Crippen LogP contribution in [0.25, 0.3) is 0 Å². The molecule has 2 unspecified atom stereocenters. The van der Waals surface area contributed by atoms with Crippen molar-refractivity contribution in [2.75, 3.05) is 39.4 Å². The summed E-state index contributed by atoms with van der Waals surface area (Å²) in [6, 6.07) is 1.09. The molecule has 1 saturated carbocycles. The highest BCUT2D eigenvalue weighted by Crippen LogP contribution is 2.25. The molecule has 0 aromatic rings. The first-order valence-corrected chi connectivity index (χ1v) is 7.58. The van der Waals surface area contributed by atoms with Crippen LogP contribution >= 0.6 is 0 Å². The maximum atomic E-state index is 10.1. The summed E-state index contributed by atoms with van der Waals surface area (Å²) >= 11 is 0. The van der Waals surface area contributed by atoms with Gasteiger partial charge in [0.1, 0.15) is 0 Å². The third-order valence-corrected chi connectivity index (χ3v) is 4.95. The van der Waals surface area contributed by atoms with E-state index in [4.69, 9.17) is 4.74 Å². The van der Waals surface area contributed by atoms with E-state index in [0.29, 0.717) is 6.61 Å². The van der Waals surface area contributed by atoms with E-state index in [0.717, 1.165) is 32.2 Å². The van der Waals surface area contributed by atoms with Crippen LogP contribution in [0.2, 0.25) is 0 Å². The van der Waals surface area contributed by atoms with Gasteiger partial charge in [0.25, 0.3) is 0 Å². The molecule has 1 N–H and O–H groups in total. The third kappa shape index (κ3) is 2.72. The summed E-state index contributed by atoms with van der Waals surface area (Å²) in [5.41, 5.74) is 0. The molecular formula is C14H26N2O2. The summed E-state index contributed by atoms with van der Waals surface area (Å²) in [7, 11) is 0. The number of aliphatic hydroxyl groups is 1. The molecule has 2 saturated heterocycles. The van der Waals surface area contributed by atoms with Crippen LogP contribution in [-0.4, -0.2) is 72.5 Å². The fourth-order valence-corrected chi connectivity index (χ4v) is 3.76. The Kier molecular flexibility index (Phi) is 4.19. The van der Waals surface area contributed by atoms with Crippen molar-refractivity contribution in [3.8, 4) is 0 Å². The number of hydrogen-bond donors (Lipinski definition) is 1. The quantitative estimate of drug-likeness (QED) is 0.787. The lowest BCUT2D eigenvalue weighted by molar-refractivity contribution is -0.0739. The normalized spacial score (nSPS) is 37.2. The second-order valence-corrected chi connectivity index (χ2v) is 6.01. The first-order chi connectivity index (χ1) is 8.84. The minimum absolute atomic E-state index is 0.184. The molecule has 0 radical (unpaired) electrons. The van der Waals surface area contributed by atoms with Crippen LogP contribution in [0.3, 0.4) is 0 Å². The number of nitrogens with zero attached hydrogens (tertiary/aromatic N) is 2. The van der Waals surface area contributed by atoms with E-state index in [-0.39, 0.29) is 12.1 Å². The van der Waals surface area contributed by atoms with Gasteiger partial charge in [-0.25, -0.2) is 0 Å². The standard InChI is InChI=1S/C14H26N2O2/c17-14-5-10-18-11-13(14)16-8-6-15(7-9-16)12-3-1-2-4-12/h12-14,17H,1-11H2. The van der Waals surface area contributed by atoms with Gasteiger partial charge in [-0.1, -0.05) is 12.8 Å². The van der Waals surface area contributed by atoms with Gasteiger partial charge in [0.15, 0.2) is 0 Å². The molecule has 0 amide bonds. The fourth-order valence-electron chi connectivity index (χ4n) is 3.76. The van der Waals surface area contributed by atoms with E-state index in [1.165, 1.54) is 38.8 Å². The summed E-state index contributed by atoms with van der Waals surface area (Å²) in [4.78, 5) is 5.11. The van der Waals surface area contributed by atoms with E-state index in [1.807, 2.05) is 0 Å². The number of rotatable bonds is 2. The second-order valence-electron chi connectivity index (χ2n) is 6.01. The zero-order valence-electron chi connectivity index (χ0n) is 11.3. The zero-order chi connectivity index (χ0) is 12.4. The monoisotopic (exact) mass is 254 g/mol. The number of piperazine rings is 1. The summed E-state index contributed by atoms with van der Waals surface area (Å²) in [6.45, 7) is 5.98. The summed E-state index contributed by atoms with van der Waals surface area (Å²) in [5.74, 6) is 0. The molecule has 0 spiro atoms. The maximum Gasteiger partial charge on any atom is 0.0739 e. The maximum absolute atomic E-state index is 10.1. The molecule has 2 aliphatic heterocycles. The van der Waals surface area contributed by atoms with E-state index < -0.39 is 0 Å². The highest BCUT2D eigenvalue weighted by molar-refractivity contribution is 4.88. The number of aliphatic hydroxyl groups excluding tert-OH is 1. The molecule has 2 atom stereocenters. The fraction of sp³-hybridized carbons (Fsp3) is 1.00. The molecule has 0 bridgehead atoms. The average Bonchev–Trinajstić information content (AvgIpc) is 2.94. The topological polar surface area (TPSA) is 35.9 Å². The van der Waals surface area contributed by atoms with E-state index in [1.54, 1.807) is 0 Å². The Morgan fingerprint density at radius 2 is 1.56 bits per heavy atom. The van der Waals surface area contributed by atoms with Crippen molar-refractivity contribution >= 4 is 0 Å². The van der Waals surface area contributed by atoms with Crippen LogP contribution in [0, 0.1) is 0 Å². The third-order valence-electron chi connectivity index (χ3n) is 4.95.